The summed E-state index contributed by atoms with van der Waals surface area (Å²) in [5, 5.41) is 15.0. The van der Waals surface area contributed by atoms with Gasteiger partial charge in [-0.05, 0) is 38.0 Å². The lowest BCUT2D eigenvalue weighted by atomic mass is 9.76. The Morgan fingerprint density at radius 2 is 2.06 bits per heavy atom. The number of nitrogens with one attached hydrogen (secondary N) is 2. The summed E-state index contributed by atoms with van der Waals surface area (Å²) in [6, 6.07) is 2.12. The summed E-state index contributed by atoms with van der Waals surface area (Å²) in [5.41, 5.74) is -0.637. The standard InChI is InChI=1S/C14H25N3O/c1-3-5-10-16-13(18)17-14(11-15)8-6-12(4-2)7-9-14/h12H,3-10H2,1-2H3,(H2,16,17,18). The molecule has 0 aromatic heterocycles. The summed E-state index contributed by atoms with van der Waals surface area (Å²) in [6.07, 6.45) is 6.85. The first-order chi connectivity index (χ1) is 8.65. The minimum Gasteiger partial charge on any atom is -0.338 e. The van der Waals surface area contributed by atoms with Gasteiger partial charge in [0, 0.05) is 6.54 Å². The third-order valence-electron chi connectivity index (χ3n) is 3.92. The van der Waals surface area contributed by atoms with Crippen molar-refractivity contribution in [1.29, 1.82) is 5.26 Å². The third kappa shape index (κ3) is 4.21. The molecule has 0 bridgehead atoms. The van der Waals surface area contributed by atoms with Crippen molar-refractivity contribution in [2.24, 2.45) is 5.92 Å². The molecule has 0 aromatic rings. The number of carbonyl (C=O) groups excluding carboxylic acids is 1. The van der Waals surface area contributed by atoms with E-state index in [4.69, 9.17) is 0 Å². The molecule has 0 radical (unpaired) electrons. The molecular weight excluding hydrogens is 226 g/mol. The number of rotatable bonds is 5. The molecular formula is C14H25N3O. The van der Waals surface area contributed by atoms with Crippen molar-refractivity contribution < 1.29 is 4.79 Å². The maximum atomic E-state index is 11.7. The largest absolute Gasteiger partial charge is 0.338 e. The molecule has 1 rings (SSSR count). The summed E-state index contributed by atoms with van der Waals surface area (Å²) in [7, 11) is 0. The number of nitrogens with zero attached hydrogens (tertiary/aromatic N) is 1. The molecule has 2 amide bonds. The zero-order valence-electron chi connectivity index (χ0n) is 11.6. The first kappa shape index (κ1) is 14.8. The highest BCUT2D eigenvalue weighted by molar-refractivity contribution is 5.75. The van der Waals surface area contributed by atoms with Gasteiger partial charge in [0.25, 0.3) is 0 Å². The van der Waals surface area contributed by atoms with E-state index in [-0.39, 0.29) is 6.03 Å². The first-order valence-corrected chi connectivity index (χ1v) is 7.13. The smallest absolute Gasteiger partial charge is 0.316 e. The molecule has 0 unspecified atom stereocenters. The molecule has 1 fully saturated rings. The highest BCUT2D eigenvalue weighted by Gasteiger charge is 2.36. The van der Waals surface area contributed by atoms with E-state index < -0.39 is 5.54 Å². The fourth-order valence-corrected chi connectivity index (χ4v) is 2.48. The van der Waals surface area contributed by atoms with Gasteiger partial charge in [0.15, 0.2) is 0 Å². The fourth-order valence-electron chi connectivity index (χ4n) is 2.48. The first-order valence-electron chi connectivity index (χ1n) is 7.13. The van der Waals surface area contributed by atoms with Gasteiger partial charge in [-0.2, -0.15) is 5.26 Å². The summed E-state index contributed by atoms with van der Waals surface area (Å²) >= 11 is 0. The van der Waals surface area contributed by atoms with E-state index in [1.54, 1.807) is 0 Å². The van der Waals surface area contributed by atoms with Crippen LogP contribution in [0.5, 0.6) is 0 Å². The highest BCUT2D eigenvalue weighted by atomic mass is 16.2. The Morgan fingerprint density at radius 1 is 1.39 bits per heavy atom. The Labute approximate surface area is 110 Å². The van der Waals surface area contributed by atoms with Gasteiger partial charge in [0.05, 0.1) is 6.07 Å². The second-order valence-corrected chi connectivity index (χ2v) is 5.28. The van der Waals surface area contributed by atoms with Crippen molar-refractivity contribution >= 4 is 6.03 Å². The van der Waals surface area contributed by atoms with Crippen molar-refractivity contribution in [3.63, 3.8) is 0 Å². The molecule has 1 aliphatic carbocycles. The van der Waals surface area contributed by atoms with Crippen LogP contribution in [0.2, 0.25) is 0 Å². The zero-order valence-corrected chi connectivity index (χ0v) is 11.6. The zero-order chi connectivity index (χ0) is 13.4. The Morgan fingerprint density at radius 3 is 2.56 bits per heavy atom. The Bertz CT molecular complexity index is 301. The lowest BCUT2D eigenvalue weighted by Crippen LogP contribution is -2.53. The molecule has 0 saturated heterocycles. The predicted octanol–water partition coefficient (Wildman–Crippen LogP) is 2.95. The molecule has 0 spiro atoms. The SMILES string of the molecule is CCCCNC(=O)NC1(C#N)CCC(CC)CC1. The minimum atomic E-state index is -0.637. The molecule has 0 heterocycles. The van der Waals surface area contributed by atoms with Crippen LogP contribution in [0.15, 0.2) is 0 Å². The molecule has 18 heavy (non-hydrogen) atoms. The van der Waals surface area contributed by atoms with Gasteiger partial charge in [-0.15, -0.1) is 0 Å². The minimum absolute atomic E-state index is 0.194. The van der Waals surface area contributed by atoms with E-state index in [0.717, 1.165) is 44.4 Å². The molecule has 1 aliphatic rings. The van der Waals surface area contributed by atoms with Gasteiger partial charge in [-0.25, -0.2) is 4.79 Å². The molecule has 4 nitrogen and oxygen atoms in total. The van der Waals surface area contributed by atoms with Gasteiger partial charge in [0.2, 0.25) is 0 Å². The Balaban J connectivity index is 2.42. The molecule has 1 saturated carbocycles. The summed E-state index contributed by atoms with van der Waals surface area (Å²) in [5.74, 6) is 0.719. The average molecular weight is 251 g/mol. The number of amides is 2. The lowest BCUT2D eigenvalue weighted by Gasteiger charge is -2.35. The van der Waals surface area contributed by atoms with Gasteiger partial charge in [0.1, 0.15) is 5.54 Å². The van der Waals surface area contributed by atoms with Crippen molar-refractivity contribution in [3.8, 4) is 6.07 Å². The number of urea groups is 1. The Kier molecular flexibility index (Phi) is 5.97. The molecule has 102 valence electrons. The average Bonchev–Trinajstić information content (AvgIpc) is 2.40. The number of carbonyl (C=O) groups is 1. The van der Waals surface area contributed by atoms with E-state index >= 15 is 0 Å². The quantitative estimate of drug-likeness (QED) is 0.738. The van der Waals surface area contributed by atoms with Crippen LogP contribution < -0.4 is 10.6 Å². The second kappa shape index (κ2) is 7.25. The molecule has 4 heteroatoms. The number of unbranched alkanes of at least 4 members (excludes halogenated alkanes) is 1. The van der Waals surface area contributed by atoms with Crippen LogP contribution >= 0.6 is 0 Å². The molecule has 0 atom stereocenters. The normalized spacial score (nSPS) is 27.3. The van der Waals surface area contributed by atoms with Gasteiger partial charge in [-0.1, -0.05) is 26.7 Å². The van der Waals surface area contributed by atoms with Crippen molar-refractivity contribution in [2.45, 2.75) is 64.3 Å². The lowest BCUT2D eigenvalue weighted by molar-refractivity contribution is 0.207. The highest BCUT2D eigenvalue weighted by Crippen LogP contribution is 2.33. The third-order valence-corrected chi connectivity index (χ3v) is 3.92. The molecule has 0 aliphatic heterocycles. The predicted molar refractivity (Wildman–Crippen MR) is 72.0 cm³/mol. The number of nitriles is 1. The monoisotopic (exact) mass is 251 g/mol. The van der Waals surface area contributed by atoms with Crippen LogP contribution in [0.4, 0.5) is 4.79 Å². The van der Waals surface area contributed by atoms with Crippen LogP contribution in [-0.2, 0) is 0 Å². The van der Waals surface area contributed by atoms with Crippen LogP contribution in [0.1, 0.15) is 58.8 Å². The van der Waals surface area contributed by atoms with Crippen molar-refractivity contribution in [2.75, 3.05) is 6.54 Å². The summed E-state index contributed by atoms with van der Waals surface area (Å²) in [6.45, 7) is 4.96. The van der Waals surface area contributed by atoms with Gasteiger partial charge >= 0.3 is 6.03 Å². The Hall–Kier alpha value is -1.24. The van der Waals surface area contributed by atoms with E-state index in [1.165, 1.54) is 6.42 Å². The van der Waals surface area contributed by atoms with E-state index in [2.05, 4.69) is 30.6 Å². The number of hydrogen-bond acceptors (Lipinski definition) is 2. The fraction of sp³-hybridized carbons (Fsp3) is 0.857. The van der Waals surface area contributed by atoms with Crippen LogP contribution in [0.25, 0.3) is 0 Å². The van der Waals surface area contributed by atoms with E-state index in [1.807, 2.05) is 0 Å². The van der Waals surface area contributed by atoms with Crippen molar-refractivity contribution in [1.82, 2.24) is 10.6 Å². The van der Waals surface area contributed by atoms with Crippen LogP contribution in [0.3, 0.4) is 0 Å². The second-order valence-electron chi connectivity index (χ2n) is 5.28. The summed E-state index contributed by atoms with van der Waals surface area (Å²) in [4.78, 5) is 11.7. The maximum Gasteiger partial charge on any atom is 0.316 e. The molecule has 0 aromatic carbocycles. The van der Waals surface area contributed by atoms with Gasteiger partial charge in [-0.3, -0.25) is 0 Å². The van der Waals surface area contributed by atoms with Crippen LogP contribution in [0, 0.1) is 17.2 Å². The van der Waals surface area contributed by atoms with Crippen molar-refractivity contribution in [3.05, 3.63) is 0 Å². The molecule has 2 N–H and O–H groups in total. The van der Waals surface area contributed by atoms with E-state index in [0.29, 0.717) is 6.54 Å². The summed E-state index contributed by atoms with van der Waals surface area (Å²) < 4.78 is 0. The van der Waals surface area contributed by atoms with E-state index in [9.17, 15) is 10.1 Å². The van der Waals surface area contributed by atoms with Crippen LogP contribution in [-0.4, -0.2) is 18.1 Å². The van der Waals surface area contributed by atoms with Gasteiger partial charge < -0.3 is 10.6 Å². The maximum absolute atomic E-state index is 11.7. The topological polar surface area (TPSA) is 64.9 Å². The number of hydrogen-bond donors (Lipinski definition) is 2.